The summed E-state index contributed by atoms with van der Waals surface area (Å²) in [5.74, 6) is 0.0660. The van der Waals surface area contributed by atoms with Gasteiger partial charge >= 0.3 is 6.03 Å². The van der Waals surface area contributed by atoms with E-state index in [0.717, 1.165) is 11.3 Å². The van der Waals surface area contributed by atoms with Gasteiger partial charge < -0.3 is 9.80 Å². The van der Waals surface area contributed by atoms with Gasteiger partial charge in [0.05, 0.1) is 6.54 Å². The number of hydrogen-bond acceptors (Lipinski definition) is 2. The molecule has 3 rings (SSSR count). The SMILES string of the molecule is CC(=O)N1CCN(C(=O)N(Cc2ccccc2)c2ccccc2)CC1. The molecule has 0 radical (unpaired) electrons. The summed E-state index contributed by atoms with van der Waals surface area (Å²) in [5.41, 5.74) is 1.97. The van der Waals surface area contributed by atoms with E-state index < -0.39 is 0 Å². The van der Waals surface area contributed by atoms with Gasteiger partial charge in [-0.3, -0.25) is 9.69 Å². The predicted molar refractivity (Wildman–Crippen MR) is 98.3 cm³/mol. The van der Waals surface area contributed by atoms with Gasteiger partial charge in [-0.1, -0.05) is 48.5 Å². The van der Waals surface area contributed by atoms with E-state index in [1.807, 2.05) is 65.6 Å². The number of hydrogen-bond donors (Lipinski definition) is 0. The molecule has 5 nitrogen and oxygen atoms in total. The lowest BCUT2D eigenvalue weighted by Crippen LogP contribution is -2.53. The maximum atomic E-state index is 13.1. The van der Waals surface area contributed by atoms with Crippen molar-refractivity contribution in [1.82, 2.24) is 9.80 Å². The molecule has 0 aliphatic carbocycles. The summed E-state index contributed by atoms with van der Waals surface area (Å²) in [6.45, 7) is 4.41. The predicted octanol–water partition coefficient (Wildman–Crippen LogP) is 2.98. The van der Waals surface area contributed by atoms with Gasteiger partial charge in [-0.25, -0.2) is 4.79 Å². The van der Waals surface area contributed by atoms with E-state index in [0.29, 0.717) is 32.7 Å². The summed E-state index contributed by atoms with van der Waals surface area (Å²) in [5, 5.41) is 0. The highest BCUT2D eigenvalue weighted by Gasteiger charge is 2.27. The molecule has 1 heterocycles. The van der Waals surface area contributed by atoms with Crippen LogP contribution < -0.4 is 4.90 Å². The molecule has 0 unspecified atom stereocenters. The molecule has 1 saturated heterocycles. The zero-order chi connectivity index (χ0) is 17.6. The highest BCUT2D eigenvalue weighted by molar-refractivity contribution is 5.92. The largest absolute Gasteiger partial charge is 0.339 e. The molecule has 0 N–H and O–H groups in total. The van der Waals surface area contributed by atoms with Gasteiger partial charge in [0.15, 0.2) is 0 Å². The monoisotopic (exact) mass is 337 g/mol. The van der Waals surface area contributed by atoms with Gasteiger partial charge in [0.25, 0.3) is 0 Å². The zero-order valence-electron chi connectivity index (χ0n) is 14.5. The van der Waals surface area contributed by atoms with Crippen LogP contribution in [0.15, 0.2) is 60.7 Å². The summed E-state index contributed by atoms with van der Waals surface area (Å²) >= 11 is 0. The third-order valence-corrected chi connectivity index (χ3v) is 4.48. The van der Waals surface area contributed by atoms with Crippen molar-refractivity contribution in [3.05, 3.63) is 66.2 Å². The Labute approximate surface area is 148 Å². The maximum absolute atomic E-state index is 13.1. The summed E-state index contributed by atoms with van der Waals surface area (Å²) in [7, 11) is 0. The van der Waals surface area contributed by atoms with E-state index in [1.54, 1.807) is 16.7 Å². The molecule has 25 heavy (non-hydrogen) atoms. The van der Waals surface area contributed by atoms with Crippen molar-refractivity contribution in [1.29, 1.82) is 0 Å². The molecular weight excluding hydrogens is 314 g/mol. The van der Waals surface area contributed by atoms with Gasteiger partial charge in [-0.15, -0.1) is 0 Å². The molecule has 0 saturated carbocycles. The van der Waals surface area contributed by atoms with Gasteiger partial charge in [0, 0.05) is 38.8 Å². The van der Waals surface area contributed by atoms with Crippen LogP contribution in [-0.4, -0.2) is 47.9 Å². The summed E-state index contributed by atoms with van der Waals surface area (Å²) in [6.07, 6.45) is 0. The first-order valence-electron chi connectivity index (χ1n) is 8.56. The summed E-state index contributed by atoms with van der Waals surface area (Å²) < 4.78 is 0. The van der Waals surface area contributed by atoms with Crippen LogP contribution >= 0.6 is 0 Å². The van der Waals surface area contributed by atoms with Crippen LogP contribution in [0.25, 0.3) is 0 Å². The van der Waals surface area contributed by atoms with Crippen LogP contribution in [0.1, 0.15) is 12.5 Å². The summed E-state index contributed by atoms with van der Waals surface area (Å²) in [6, 6.07) is 19.7. The van der Waals surface area contributed by atoms with Crippen LogP contribution in [0, 0.1) is 0 Å². The lowest BCUT2D eigenvalue weighted by atomic mass is 10.2. The van der Waals surface area contributed by atoms with Crippen LogP contribution in [0.3, 0.4) is 0 Å². The molecule has 1 aliphatic heterocycles. The molecule has 2 aromatic carbocycles. The molecule has 130 valence electrons. The van der Waals surface area contributed by atoms with E-state index in [2.05, 4.69) is 0 Å². The molecule has 5 heteroatoms. The smallest absolute Gasteiger partial charge is 0.324 e. The van der Waals surface area contributed by atoms with Crippen LogP contribution in [0.2, 0.25) is 0 Å². The second kappa shape index (κ2) is 7.83. The van der Waals surface area contributed by atoms with Crippen LogP contribution in [0.5, 0.6) is 0 Å². The van der Waals surface area contributed by atoms with E-state index in [4.69, 9.17) is 0 Å². The van der Waals surface area contributed by atoms with E-state index in [9.17, 15) is 9.59 Å². The quantitative estimate of drug-likeness (QED) is 0.864. The fourth-order valence-electron chi connectivity index (χ4n) is 3.03. The lowest BCUT2D eigenvalue weighted by molar-refractivity contribution is -0.130. The lowest BCUT2D eigenvalue weighted by Gasteiger charge is -2.37. The second-order valence-corrected chi connectivity index (χ2v) is 6.18. The minimum Gasteiger partial charge on any atom is -0.339 e. The van der Waals surface area contributed by atoms with Crippen molar-refractivity contribution in [2.45, 2.75) is 13.5 Å². The Bertz CT molecular complexity index is 710. The van der Waals surface area contributed by atoms with Crippen molar-refractivity contribution in [2.75, 3.05) is 31.1 Å². The number of para-hydroxylation sites is 1. The van der Waals surface area contributed by atoms with Crippen molar-refractivity contribution in [2.24, 2.45) is 0 Å². The number of amides is 3. The fraction of sp³-hybridized carbons (Fsp3) is 0.300. The van der Waals surface area contributed by atoms with Gasteiger partial charge in [-0.2, -0.15) is 0 Å². The van der Waals surface area contributed by atoms with E-state index in [1.165, 1.54) is 0 Å². The number of rotatable bonds is 3. The first-order chi connectivity index (χ1) is 12.1. The van der Waals surface area contributed by atoms with Crippen molar-refractivity contribution >= 4 is 17.6 Å². The Morgan fingerprint density at radius 1 is 0.840 bits per heavy atom. The highest BCUT2D eigenvalue weighted by atomic mass is 16.2. The Morgan fingerprint density at radius 3 is 1.92 bits per heavy atom. The van der Waals surface area contributed by atoms with Crippen molar-refractivity contribution < 1.29 is 9.59 Å². The first kappa shape index (κ1) is 17.0. The highest BCUT2D eigenvalue weighted by Crippen LogP contribution is 2.19. The minimum absolute atomic E-state index is 0.0155. The van der Waals surface area contributed by atoms with E-state index in [-0.39, 0.29) is 11.9 Å². The number of nitrogens with zero attached hydrogens (tertiary/aromatic N) is 3. The standard InChI is InChI=1S/C20H23N3O2/c1-17(24)21-12-14-22(15-13-21)20(25)23(19-10-6-3-7-11-19)16-18-8-4-2-5-9-18/h2-11H,12-16H2,1H3. The minimum atomic E-state index is -0.0155. The Hall–Kier alpha value is -2.82. The third-order valence-electron chi connectivity index (χ3n) is 4.48. The Kier molecular flexibility index (Phi) is 5.33. The van der Waals surface area contributed by atoms with Crippen molar-refractivity contribution in [3.8, 4) is 0 Å². The second-order valence-electron chi connectivity index (χ2n) is 6.18. The molecule has 1 fully saturated rings. The van der Waals surface area contributed by atoms with Gasteiger partial charge in [-0.05, 0) is 17.7 Å². The number of benzene rings is 2. The molecule has 0 spiro atoms. The number of urea groups is 1. The molecule has 0 aromatic heterocycles. The molecule has 1 aliphatic rings. The van der Waals surface area contributed by atoms with Crippen LogP contribution in [-0.2, 0) is 11.3 Å². The van der Waals surface area contributed by atoms with Gasteiger partial charge in [0.2, 0.25) is 5.91 Å². The molecular formula is C20H23N3O2. The van der Waals surface area contributed by atoms with Gasteiger partial charge in [0.1, 0.15) is 0 Å². The number of piperazine rings is 1. The first-order valence-corrected chi connectivity index (χ1v) is 8.56. The average molecular weight is 337 g/mol. The van der Waals surface area contributed by atoms with Crippen molar-refractivity contribution in [3.63, 3.8) is 0 Å². The van der Waals surface area contributed by atoms with Crippen LogP contribution in [0.4, 0.5) is 10.5 Å². The summed E-state index contributed by atoms with van der Waals surface area (Å²) in [4.78, 5) is 30.0. The fourth-order valence-corrected chi connectivity index (χ4v) is 3.03. The number of carbonyl (C=O) groups is 2. The third kappa shape index (κ3) is 4.18. The Morgan fingerprint density at radius 2 is 1.36 bits per heavy atom. The molecule has 3 amide bonds. The normalized spacial score (nSPS) is 14.3. The number of anilines is 1. The molecule has 0 atom stereocenters. The topological polar surface area (TPSA) is 43.9 Å². The maximum Gasteiger partial charge on any atom is 0.324 e. The molecule has 2 aromatic rings. The van der Waals surface area contributed by atoms with E-state index >= 15 is 0 Å². The average Bonchev–Trinajstić information content (AvgIpc) is 2.67. The molecule has 0 bridgehead atoms. The number of carbonyl (C=O) groups excluding carboxylic acids is 2. The zero-order valence-corrected chi connectivity index (χ0v) is 14.5. The Balaban J connectivity index is 1.77.